The Labute approximate surface area is 308 Å². The second-order valence-electron chi connectivity index (χ2n) is 17.7. The highest BCUT2D eigenvalue weighted by Gasteiger charge is 2.67. The minimum absolute atomic E-state index is 0.00133. The molecule has 4 aliphatic carbocycles. The lowest BCUT2D eigenvalue weighted by Gasteiger charge is -2.70. The van der Waals surface area contributed by atoms with E-state index in [0.29, 0.717) is 11.7 Å². The molecule has 7 atom stereocenters. The van der Waals surface area contributed by atoms with Crippen molar-refractivity contribution < 1.29 is 28.6 Å². The van der Waals surface area contributed by atoms with Crippen molar-refractivity contribution in [3.05, 3.63) is 69.9 Å². The molecule has 3 fully saturated rings. The molecule has 7 rings (SSSR count). The average Bonchev–Trinajstić information content (AvgIpc) is 3.50. The van der Waals surface area contributed by atoms with Crippen molar-refractivity contribution in [3.8, 4) is 23.8 Å². The van der Waals surface area contributed by atoms with Crippen molar-refractivity contribution in [1.82, 2.24) is 4.98 Å². The predicted molar refractivity (Wildman–Crippen MR) is 202 cm³/mol. The van der Waals surface area contributed by atoms with Crippen molar-refractivity contribution in [2.75, 3.05) is 6.61 Å². The van der Waals surface area contributed by atoms with Gasteiger partial charge < -0.3 is 19.2 Å². The van der Waals surface area contributed by atoms with Crippen LogP contribution >= 0.6 is 0 Å². The first-order valence-electron chi connectivity index (χ1n) is 18.9. The lowest BCUT2D eigenvalue weighted by molar-refractivity contribution is -0.180. The number of hydrogen-bond donors (Lipinski definition) is 1. The smallest absolute Gasteiger partial charge is 0.312 e. The number of terminal acetylenes is 1. The molecule has 1 N–H and O–H groups in total. The number of aromatic nitrogens is 1. The van der Waals surface area contributed by atoms with Crippen LogP contribution in [-0.2, 0) is 24.5 Å². The molecule has 3 aromatic rings. The fourth-order valence-electron chi connectivity index (χ4n) is 11.4. The summed E-state index contributed by atoms with van der Waals surface area (Å²) in [6, 6.07) is 8.48. The molecule has 0 radical (unpaired) electrons. The molecular formula is C45H53NO6. The predicted octanol–water partition coefficient (Wildman–Crippen LogP) is 9.55. The zero-order chi connectivity index (χ0) is 37.6. The first-order valence-corrected chi connectivity index (χ1v) is 18.9. The van der Waals surface area contributed by atoms with Crippen LogP contribution in [0.5, 0.6) is 11.5 Å². The van der Waals surface area contributed by atoms with Crippen molar-refractivity contribution in [1.29, 1.82) is 0 Å². The monoisotopic (exact) mass is 703 g/mol. The molecule has 7 nitrogen and oxygen atoms in total. The summed E-state index contributed by atoms with van der Waals surface area (Å²) in [5.41, 5.74) is 6.64. The molecule has 1 heterocycles. The second kappa shape index (κ2) is 12.1. The van der Waals surface area contributed by atoms with Gasteiger partial charge in [0.1, 0.15) is 0 Å². The Kier molecular flexibility index (Phi) is 8.40. The number of benzene rings is 2. The third-order valence-electron chi connectivity index (χ3n) is 14.6. The van der Waals surface area contributed by atoms with E-state index in [4.69, 9.17) is 20.6 Å². The van der Waals surface area contributed by atoms with Crippen LogP contribution in [-0.4, -0.2) is 29.5 Å². The highest BCUT2D eigenvalue weighted by molar-refractivity contribution is 5.86. The van der Waals surface area contributed by atoms with E-state index < -0.39 is 17.4 Å². The topological polar surface area (TPSA) is 94.7 Å². The lowest BCUT2D eigenvalue weighted by Crippen LogP contribution is -2.62. The van der Waals surface area contributed by atoms with Crippen LogP contribution in [0.25, 0.3) is 10.9 Å². The molecule has 0 saturated heterocycles. The highest BCUT2D eigenvalue weighted by Crippen LogP contribution is 2.75. The van der Waals surface area contributed by atoms with E-state index in [0.717, 1.165) is 78.1 Å². The molecule has 0 aliphatic heterocycles. The van der Waals surface area contributed by atoms with E-state index in [9.17, 15) is 14.4 Å². The molecule has 3 saturated carbocycles. The zero-order valence-electron chi connectivity index (χ0n) is 32.3. The van der Waals surface area contributed by atoms with Crippen molar-refractivity contribution >= 4 is 28.8 Å². The molecule has 52 heavy (non-hydrogen) atoms. The maximum absolute atomic E-state index is 13.6. The van der Waals surface area contributed by atoms with Gasteiger partial charge in [0.05, 0.1) is 5.41 Å². The molecule has 0 spiro atoms. The molecule has 4 aliphatic rings. The largest absolute Gasteiger partial charge is 0.452 e. The van der Waals surface area contributed by atoms with Crippen LogP contribution in [0.15, 0.2) is 42.1 Å². The minimum Gasteiger partial charge on any atom is -0.452 e. The van der Waals surface area contributed by atoms with Gasteiger partial charge in [-0.2, -0.15) is 0 Å². The van der Waals surface area contributed by atoms with E-state index >= 15 is 0 Å². The first kappa shape index (κ1) is 36.1. The Morgan fingerprint density at radius 3 is 2.33 bits per heavy atom. The van der Waals surface area contributed by atoms with Gasteiger partial charge in [0.25, 0.3) is 0 Å². The van der Waals surface area contributed by atoms with Gasteiger partial charge in [-0.3, -0.25) is 14.4 Å². The standard InChI is InChI=1S/C45H53NO6/c1-11-20-50-40(49)42(7)15-14-41(6)16-18-44(9)36-22-31(32-25-46-34-13-12-26(2)21-30(32)34)38-27(3)39(52-29(5)48)35(51-28(4)47)23-33(38)43(36,8)17-19-45(44,10)37(41)24-42/h1,12-13,21-23,25,31,37,46H,14-20,24H2,2-10H3/t31-,37+,41+,42+,43-,44+,45-/m0/s1. The molecule has 0 bridgehead atoms. The number of esters is 3. The number of carbonyl (C=O) groups is 3. The third kappa shape index (κ3) is 5.18. The molecule has 1 aromatic heterocycles. The van der Waals surface area contributed by atoms with Crippen molar-refractivity contribution in [2.24, 2.45) is 27.6 Å². The molecular weight excluding hydrogens is 650 g/mol. The number of nitrogens with one attached hydrogen (secondary N) is 1. The number of carbonyl (C=O) groups excluding carboxylic acids is 3. The SMILES string of the molecule is C#CCOC(=O)[C@]1(C)CC[C@]2(C)CC[C@]3(C)C4=C[C@@H](c5c[nH]c6ccc(C)cc56)c5c(cc(OC(C)=O)c(OC(C)=O)c5C)[C@]4(C)CC[C@@]3(C)[C@@H]2C1. The summed E-state index contributed by atoms with van der Waals surface area (Å²) in [5.74, 6) is 2.07. The van der Waals surface area contributed by atoms with E-state index in [-0.39, 0.29) is 45.9 Å². The van der Waals surface area contributed by atoms with E-state index in [1.165, 1.54) is 25.0 Å². The lowest BCUT2D eigenvalue weighted by atomic mass is 9.34. The Morgan fingerprint density at radius 1 is 0.923 bits per heavy atom. The molecule has 2 aromatic carbocycles. The van der Waals surface area contributed by atoms with Gasteiger partial charge in [-0.1, -0.05) is 56.9 Å². The fraction of sp³-hybridized carbons (Fsp3) is 0.533. The second-order valence-corrected chi connectivity index (χ2v) is 17.7. The van der Waals surface area contributed by atoms with Gasteiger partial charge in [-0.15, -0.1) is 6.42 Å². The van der Waals surface area contributed by atoms with Gasteiger partial charge in [0.15, 0.2) is 18.1 Å². The molecule has 274 valence electrons. The maximum atomic E-state index is 13.6. The summed E-state index contributed by atoms with van der Waals surface area (Å²) in [6.45, 7) is 18.7. The van der Waals surface area contributed by atoms with Gasteiger partial charge in [0, 0.05) is 47.8 Å². The summed E-state index contributed by atoms with van der Waals surface area (Å²) in [6.07, 6.45) is 16.6. The van der Waals surface area contributed by atoms with E-state index in [1.807, 2.05) is 13.0 Å². The molecule has 0 unspecified atom stereocenters. The normalized spacial score (nSPS) is 33.3. The number of fused-ring (bicyclic) bond motifs is 8. The van der Waals surface area contributed by atoms with E-state index in [1.54, 1.807) is 0 Å². The quantitative estimate of drug-likeness (QED) is 0.123. The summed E-state index contributed by atoms with van der Waals surface area (Å²) in [5, 5.41) is 1.15. The van der Waals surface area contributed by atoms with Crippen LogP contribution in [0.2, 0.25) is 0 Å². The van der Waals surface area contributed by atoms with Gasteiger partial charge in [0.2, 0.25) is 0 Å². The number of ether oxygens (including phenoxy) is 3. The Bertz CT molecular complexity index is 2100. The van der Waals surface area contributed by atoms with Crippen molar-refractivity contribution in [3.63, 3.8) is 0 Å². The summed E-state index contributed by atoms with van der Waals surface area (Å²) >= 11 is 0. The van der Waals surface area contributed by atoms with Crippen LogP contribution in [0.4, 0.5) is 0 Å². The Balaban J connectivity index is 1.45. The van der Waals surface area contributed by atoms with Gasteiger partial charge >= 0.3 is 17.9 Å². The number of aromatic amines is 1. The number of rotatable bonds is 5. The van der Waals surface area contributed by atoms with Gasteiger partial charge in [-0.25, -0.2) is 0 Å². The minimum atomic E-state index is -0.593. The molecule has 7 heteroatoms. The summed E-state index contributed by atoms with van der Waals surface area (Å²) in [7, 11) is 0. The van der Waals surface area contributed by atoms with Crippen LogP contribution < -0.4 is 9.47 Å². The zero-order valence-corrected chi connectivity index (χ0v) is 32.3. The van der Waals surface area contributed by atoms with Crippen LogP contribution in [0.1, 0.15) is 127 Å². The number of allylic oxidation sites excluding steroid dienone is 2. The fourth-order valence-corrected chi connectivity index (χ4v) is 11.4. The first-order chi connectivity index (χ1) is 24.4. The molecule has 0 amide bonds. The Hall–Kier alpha value is -4.31. The summed E-state index contributed by atoms with van der Waals surface area (Å²) < 4.78 is 17.3. The van der Waals surface area contributed by atoms with Crippen LogP contribution in [0.3, 0.4) is 0 Å². The highest BCUT2D eigenvalue weighted by atomic mass is 16.6. The Morgan fingerprint density at radius 2 is 1.63 bits per heavy atom. The third-order valence-corrected chi connectivity index (χ3v) is 14.6. The number of H-pyrrole nitrogens is 1. The van der Waals surface area contributed by atoms with Crippen molar-refractivity contribution in [2.45, 2.75) is 119 Å². The summed E-state index contributed by atoms with van der Waals surface area (Å²) in [4.78, 5) is 42.1. The maximum Gasteiger partial charge on any atom is 0.312 e. The van der Waals surface area contributed by atoms with Crippen LogP contribution in [0, 0.1) is 53.8 Å². The van der Waals surface area contributed by atoms with E-state index in [2.05, 4.69) is 82.9 Å². The number of hydrogen-bond acceptors (Lipinski definition) is 6. The van der Waals surface area contributed by atoms with Gasteiger partial charge in [-0.05, 0) is 123 Å². The average molecular weight is 704 g/mol. The number of aryl methyl sites for hydroxylation is 1.